The molecule has 6 heteroatoms. The van der Waals surface area contributed by atoms with E-state index in [1.54, 1.807) is 35.4 Å². The molecule has 2 amide bonds. The average Bonchev–Trinajstić information content (AvgIpc) is 3.37. The highest BCUT2D eigenvalue weighted by atomic mass is 16.2. The van der Waals surface area contributed by atoms with Crippen LogP contribution in [-0.4, -0.2) is 27.6 Å². The van der Waals surface area contributed by atoms with Gasteiger partial charge in [-0.15, -0.1) is 0 Å². The second kappa shape index (κ2) is 7.99. The summed E-state index contributed by atoms with van der Waals surface area (Å²) in [5.41, 5.74) is 2.28. The van der Waals surface area contributed by atoms with E-state index in [9.17, 15) is 9.59 Å². The minimum absolute atomic E-state index is 0.0679. The van der Waals surface area contributed by atoms with E-state index in [4.69, 9.17) is 0 Å². The lowest BCUT2D eigenvalue weighted by Crippen LogP contribution is -2.30. The molecule has 1 aliphatic rings. The lowest BCUT2D eigenvalue weighted by atomic mass is 10.1. The zero-order valence-corrected chi connectivity index (χ0v) is 15.0. The summed E-state index contributed by atoms with van der Waals surface area (Å²) in [6.07, 6.45) is 6.11. The van der Waals surface area contributed by atoms with Crippen molar-refractivity contribution in [2.24, 2.45) is 0 Å². The Labute approximate surface area is 153 Å². The summed E-state index contributed by atoms with van der Waals surface area (Å²) in [6.45, 7) is 6.90. The molecule has 0 spiro atoms. The largest absolute Gasteiger partial charge is 0.349 e. The smallest absolute Gasteiger partial charge is 0.251 e. The zero-order chi connectivity index (χ0) is 18.5. The molecule has 0 radical (unpaired) electrons. The highest BCUT2D eigenvalue weighted by molar-refractivity contribution is 6.01. The van der Waals surface area contributed by atoms with Gasteiger partial charge in [0.1, 0.15) is 0 Å². The molecule has 0 saturated heterocycles. The summed E-state index contributed by atoms with van der Waals surface area (Å²) >= 11 is 0. The van der Waals surface area contributed by atoms with Gasteiger partial charge in [0.2, 0.25) is 0 Å². The number of carbonyl (C=O) groups excluding carboxylic acids is 2. The fourth-order valence-electron chi connectivity index (χ4n) is 2.77. The van der Waals surface area contributed by atoms with Gasteiger partial charge < -0.3 is 10.2 Å². The number of nitrogens with zero attached hydrogens (tertiary/aromatic N) is 3. The van der Waals surface area contributed by atoms with Crippen LogP contribution in [0.3, 0.4) is 0 Å². The molecular weight excluding hydrogens is 328 g/mol. The van der Waals surface area contributed by atoms with E-state index in [0.717, 1.165) is 37.2 Å². The van der Waals surface area contributed by atoms with Crippen molar-refractivity contribution < 1.29 is 9.59 Å². The van der Waals surface area contributed by atoms with Crippen molar-refractivity contribution in [2.45, 2.75) is 45.3 Å². The van der Waals surface area contributed by atoms with Crippen molar-refractivity contribution in [2.75, 3.05) is 4.90 Å². The monoisotopic (exact) mass is 352 g/mol. The lowest BCUT2D eigenvalue weighted by molar-refractivity contribution is -0.114. The zero-order valence-electron chi connectivity index (χ0n) is 15.0. The van der Waals surface area contributed by atoms with Crippen molar-refractivity contribution in [1.82, 2.24) is 15.1 Å². The summed E-state index contributed by atoms with van der Waals surface area (Å²) in [5.74, 6) is -0.258. The van der Waals surface area contributed by atoms with Gasteiger partial charge in [0.25, 0.3) is 11.8 Å². The van der Waals surface area contributed by atoms with Gasteiger partial charge in [-0.2, -0.15) is 5.10 Å². The Bertz CT molecular complexity index is 790. The summed E-state index contributed by atoms with van der Waals surface area (Å²) in [4.78, 5) is 26.1. The second-order valence-corrected chi connectivity index (χ2v) is 6.47. The number of aryl methyl sites for hydroxylation is 1. The van der Waals surface area contributed by atoms with Crippen LogP contribution >= 0.6 is 0 Å². The van der Waals surface area contributed by atoms with E-state index in [2.05, 4.69) is 23.9 Å². The van der Waals surface area contributed by atoms with Crippen molar-refractivity contribution >= 4 is 17.5 Å². The molecule has 0 atom stereocenters. The molecule has 1 aromatic heterocycles. The van der Waals surface area contributed by atoms with Gasteiger partial charge in [0, 0.05) is 30.0 Å². The number of hydrogen-bond donors (Lipinski definition) is 1. The van der Waals surface area contributed by atoms with Crippen LogP contribution in [0.4, 0.5) is 5.69 Å². The van der Waals surface area contributed by atoms with Crippen LogP contribution in [0.5, 0.6) is 0 Å². The van der Waals surface area contributed by atoms with E-state index in [1.807, 2.05) is 10.7 Å². The Morgan fingerprint density at radius 2 is 2.04 bits per heavy atom. The minimum Gasteiger partial charge on any atom is -0.349 e. The first kappa shape index (κ1) is 17.9. The molecule has 0 aliphatic heterocycles. The van der Waals surface area contributed by atoms with Crippen LogP contribution in [0.2, 0.25) is 0 Å². The molecule has 1 fully saturated rings. The van der Waals surface area contributed by atoms with Gasteiger partial charge >= 0.3 is 0 Å². The Kier molecular flexibility index (Phi) is 5.51. The second-order valence-electron chi connectivity index (χ2n) is 6.47. The van der Waals surface area contributed by atoms with Crippen molar-refractivity contribution in [3.8, 4) is 0 Å². The quantitative estimate of drug-likeness (QED) is 0.743. The van der Waals surface area contributed by atoms with Crippen LogP contribution in [0.15, 0.2) is 49.2 Å². The van der Waals surface area contributed by atoms with Crippen LogP contribution in [0.25, 0.3) is 0 Å². The van der Waals surface area contributed by atoms with Gasteiger partial charge in [-0.05, 0) is 55.7 Å². The van der Waals surface area contributed by atoms with Crippen molar-refractivity contribution in [3.05, 3.63) is 60.4 Å². The van der Waals surface area contributed by atoms with Gasteiger partial charge in [-0.3, -0.25) is 14.3 Å². The van der Waals surface area contributed by atoms with E-state index in [0.29, 0.717) is 18.2 Å². The minimum atomic E-state index is -0.190. The average molecular weight is 352 g/mol. The number of carbonyl (C=O) groups is 2. The first-order valence-corrected chi connectivity index (χ1v) is 8.98. The van der Waals surface area contributed by atoms with Crippen LogP contribution in [-0.2, 0) is 17.9 Å². The van der Waals surface area contributed by atoms with E-state index in [-0.39, 0.29) is 11.8 Å². The Hall–Kier alpha value is -2.89. The van der Waals surface area contributed by atoms with Crippen LogP contribution < -0.4 is 10.2 Å². The van der Waals surface area contributed by atoms with Gasteiger partial charge in [0.15, 0.2) is 0 Å². The molecule has 136 valence electrons. The van der Waals surface area contributed by atoms with Crippen molar-refractivity contribution in [3.63, 3.8) is 0 Å². The number of amides is 2. The third kappa shape index (κ3) is 4.20. The molecule has 3 rings (SSSR count). The first-order chi connectivity index (χ1) is 12.6. The van der Waals surface area contributed by atoms with Crippen LogP contribution in [0.1, 0.15) is 42.2 Å². The maximum absolute atomic E-state index is 12.4. The van der Waals surface area contributed by atoms with E-state index < -0.39 is 0 Å². The fourth-order valence-corrected chi connectivity index (χ4v) is 2.77. The number of hydrogen-bond acceptors (Lipinski definition) is 3. The summed E-state index contributed by atoms with van der Waals surface area (Å²) in [7, 11) is 0. The topological polar surface area (TPSA) is 67.2 Å². The summed E-state index contributed by atoms with van der Waals surface area (Å²) in [5, 5.41) is 7.27. The third-order valence-electron chi connectivity index (χ3n) is 4.35. The normalized spacial score (nSPS) is 13.3. The van der Waals surface area contributed by atoms with Crippen LogP contribution in [0, 0.1) is 0 Å². The molecule has 1 heterocycles. The molecule has 1 N–H and O–H groups in total. The standard InChI is InChI=1S/C20H24N4O2/c1-3-13-24-18(11-12-21-24)14-23(19(25)4-2)17-9-5-15(6-10-17)20(26)22-16-7-8-16/h4-6,9-12,16H,2-3,7-8,13-14H2,1H3,(H,22,26). The Morgan fingerprint density at radius 3 is 2.65 bits per heavy atom. The number of benzene rings is 1. The highest BCUT2D eigenvalue weighted by Crippen LogP contribution is 2.21. The summed E-state index contributed by atoms with van der Waals surface area (Å²) in [6, 6.07) is 9.32. The molecule has 6 nitrogen and oxygen atoms in total. The maximum atomic E-state index is 12.4. The molecule has 1 aliphatic carbocycles. The van der Waals surface area contributed by atoms with Gasteiger partial charge in [0.05, 0.1) is 12.2 Å². The predicted octanol–water partition coefficient (Wildman–Crippen LogP) is 2.90. The molecule has 0 unspecified atom stereocenters. The number of anilines is 1. The van der Waals surface area contributed by atoms with Crippen molar-refractivity contribution in [1.29, 1.82) is 0 Å². The van der Waals surface area contributed by atoms with E-state index >= 15 is 0 Å². The third-order valence-corrected chi connectivity index (χ3v) is 4.35. The summed E-state index contributed by atoms with van der Waals surface area (Å²) < 4.78 is 1.90. The molecule has 0 bridgehead atoms. The number of rotatable bonds is 8. The first-order valence-electron chi connectivity index (χ1n) is 8.98. The molecular formula is C20H24N4O2. The Balaban J connectivity index is 1.78. The predicted molar refractivity (Wildman–Crippen MR) is 101 cm³/mol. The molecule has 2 aromatic rings. The maximum Gasteiger partial charge on any atom is 0.251 e. The molecule has 1 aromatic carbocycles. The van der Waals surface area contributed by atoms with E-state index in [1.165, 1.54) is 6.08 Å². The highest BCUT2D eigenvalue weighted by Gasteiger charge is 2.24. The van der Waals surface area contributed by atoms with Gasteiger partial charge in [-0.25, -0.2) is 0 Å². The fraction of sp³-hybridized carbons (Fsp3) is 0.350. The SMILES string of the molecule is C=CC(=O)N(Cc1ccnn1CCC)c1ccc(C(=O)NC2CC2)cc1. The number of nitrogens with one attached hydrogen (secondary N) is 1. The molecule has 26 heavy (non-hydrogen) atoms. The lowest BCUT2D eigenvalue weighted by Gasteiger charge is -2.22. The number of aromatic nitrogens is 2. The van der Waals surface area contributed by atoms with Gasteiger partial charge in [-0.1, -0.05) is 13.5 Å². The Morgan fingerprint density at radius 1 is 1.31 bits per heavy atom. The molecule has 1 saturated carbocycles.